The molecule has 6 N–H and O–H groups in total. The maximum atomic E-state index is 12.8. The lowest BCUT2D eigenvalue weighted by atomic mass is 9.32. The van der Waals surface area contributed by atoms with Crippen molar-refractivity contribution in [2.24, 2.45) is 50.2 Å². The fourth-order valence-electron chi connectivity index (χ4n) is 10.9. The number of hydrogen-bond donors (Lipinski definition) is 6. The number of fused-ring (bicyclic) bond motifs is 7. The van der Waals surface area contributed by atoms with Crippen LogP contribution in [0.15, 0.2) is 11.6 Å². The molecule has 12 unspecified atom stereocenters. The molecular weight excluding hydrogens is 472 g/mol. The summed E-state index contributed by atoms with van der Waals surface area (Å²) in [5.41, 5.74) is -2.76. The van der Waals surface area contributed by atoms with Crippen LogP contribution in [0.3, 0.4) is 0 Å². The molecule has 0 saturated heterocycles. The number of carboxylic acids is 1. The molecule has 0 radical (unpaired) electrons. The van der Waals surface area contributed by atoms with Gasteiger partial charge in [0.25, 0.3) is 0 Å². The summed E-state index contributed by atoms with van der Waals surface area (Å²) in [5.74, 6) is -1.63. The molecule has 5 aliphatic rings. The van der Waals surface area contributed by atoms with Crippen molar-refractivity contribution < 1.29 is 35.4 Å². The Bertz CT molecular complexity index is 1010. The van der Waals surface area contributed by atoms with Gasteiger partial charge >= 0.3 is 5.97 Å². The summed E-state index contributed by atoms with van der Waals surface area (Å²) < 4.78 is 0. The van der Waals surface area contributed by atoms with E-state index in [9.17, 15) is 35.4 Å². The first-order valence-electron chi connectivity index (χ1n) is 14.2. The van der Waals surface area contributed by atoms with Crippen molar-refractivity contribution in [3.05, 3.63) is 11.6 Å². The largest absolute Gasteiger partial charge is 0.481 e. The van der Waals surface area contributed by atoms with Gasteiger partial charge in [-0.05, 0) is 72.5 Å². The first kappa shape index (κ1) is 27.6. The van der Waals surface area contributed by atoms with E-state index in [2.05, 4.69) is 26.8 Å². The lowest BCUT2D eigenvalue weighted by molar-refractivity contribution is -0.274. The minimum atomic E-state index is -1.12. The van der Waals surface area contributed by atoms with E-state index in [-0.39, 0.29) is 18.4 Å². The van der Waals surface area contributed by atoms with E-state index >= 15 is 0 Å². The molecule has 4 fully saturated rings. The number of aliphatic hydroxyl groups is 5. The topological polar surface area (TPSA) is 138 Å². The average molecular weight is 521 g/mol. The van der Waals surface area contributed by atoms with Crippen LogP contribution in [-0.2, 0) is 4.79 Å². The van der Waals surface area contributed by atoms with E-state index < -0.39 is 68.8 Å². The first-order valence-corrected chi connectivity index (χ1v) is 14.2. The zero-order valence-corrected chi connectivity index (χ0v) is 23.4. The van der Waals surface area contributed by atoms with E-state index in [1.807, 2.05) is 13.8 Å². The third kappa shape index (κ3) is 3.15. The Morgan fingerprint density at radius 2 is 1.51 bits per heavy atom. The Morgan fingerprint density at radius 1 is 0.892 bits per heavy atom. The van der Waals surface area contributed by atoms with Crippen LogP contribution in [0.5, 0.6) is 0 Å². The molecule has 0 bridgehead atoms. The molecule has 5 rings (SSSR count). The van der Waals surface area contributed by atoms with Crippen LogP contribution in [0, 0.1) is 50.2 Å². The second-order valence-corrected chi connectivity index (χ2v) is 15.2. The Hall–Kier alpha value is -0.990. The maximum absolute atomic E-state index is 12.8. The highest BCUT2D eigenvalue weighted by atomic mass is 16.4. The summed E-state index contributed by atoms with van der Waals surface area (Å²) in [6.45, 7) is 12.1. The van der Waals surface area contributed by atoms with Gasteiger partial charge in [-0.15, -0.1) is 0 Å². The van der Waals surface area contributed by atoms with E-state index in [1.165, 1.54) is 0 Å². The van der Waals surface area contributed by atoms with Crippen molar-refractivity contribution in [2.75, 3.05) is 6.61 Å². The Kier molecular flexibility index (Phi) is 5.98. The van der Waals surface area contributed by atoms with Gasteiger partial charge in [0.2, 0.25) is 0 Å². The molecule has 0 aromatic rings. The molecule has 0 aliphatic heterocycles. The van der Waals surface area contributed by atoms with E-state index in [1.54, 1.807) is 6.92 Å². The summed E-state index contributed by atoms with van der Waals surface area (Å²) in [7, 11) is 0. The molecule has 0 amide bonds. The predicted octanol–water partition coefficient (Wildman–Crippen LogP) is 3.12. The van der Waals surface area contributed by atoms with Crippen molar-refractivity contribution in [2.45, 2.75) is 111 Å². The van der Waals surface area contributed by atoms with E-state index in [0.717, 1.165) is 5.57 Å². The lowest BCUT2D eigenvalue weighted by Gasteiger charge is -2.72. The standard InChI is InChI=1S/C30H48O7/c1-25(2)9-11-30(24(36)37)12-10-28(5)16(20(30)23(25)35)7-8-19-26(3)13-18(33)22(34)27(4,15-31)21(26)17(32)14-29(19,28)6/h7,17-23,31-35H,8-15H2,1-6H3,(H,36,37). The molecule has 37 heavy (non-hydrogen) atoms. The minimum Gasteiger partial charge on any atom is -0.481 e. The Labute approximate surface area is 221 Å². The van der Waals surface area contributed by atoms with Gasteiger partial charge in [-0.2, -0.15) is 0 Å². The molecule has 0 spiro atoms. The SMILES string of the molecule is CC1(C)CCC2(C(=O)O)CCC3(C)C(=CCC4C5(C)CC(O)C(O)C(C)(CO)C5C(O)CC43C)C2C1O. The van der Waals surface area contributed by atoms with Crippen LogP contribution in [0.4, 0.5) is 0 Å². The first-order chi connectivity index (χ1) is 17.0. The molecule has 7 heteroatoms. The van der Waals surface area contributed by atoms with Crippen LogP contribution in [0.1, 0.15) is 86.5 Å². The predicted molar refractivity (Wildman–Crippen MR) is 138 cm³/mol. The quantitative estimate of drug-likeness (QED) is 0.308. The number of carbonyl (C=O) groups is 1. The van der Waals surface area contributed by atoms with Crippen LogP contribution in [0.2, 0.25) is 0 Å². The maximum Gasteiger partial charge on any atom is 0.310 e. The second kappa shape index (κ2) is 8.03. The molecular formula is C30H48O7. The summed E-state index contributed by atoms with van der Waals surface area (Å²) in [4.78, 5) is 12.8. The van der Waals surface area contributed by atoms with Gasteiger partial charge in [-0.25, -0.2) is 0 Å². The summed E-state index contributed by atoms with van der Waals surface area (Å²) in [6, 6.07) is 0. The number of rotatable bonds is 2. The number of aliphatic carboxylic acids is 1. The van der Waals surface area contributed by atoms with Gasteiger partial charge < -0.3 is 30.6 Å². The molecule has 0 aromatic heterocycles. The second-order valence-electron chi connectivity index (χ2n) is 15.2. The van der Waals surface area contributed by atoms with Crippen molar-refractivity contribution >= 4 is 5.97 Å². The van der Waals surface area contributed by atoms with Crippen LogP contribution < -0.4 is 0 Å². The van der Waals surface area contributed by atoms with E-state index in [0.29, 0.717) is 44.9 Å². The van der Waals surface area contributed by atoms with Gasteiger partial charge in [-0.1, -0.05) is 53.2 Å². The van der Waals surface area contributed by atoms with Crippen molar-refractivity contribution in [3.8, 4) is 0 Å². The molecule has 12 atom stereocenters. The number of carboxylic acid groups (broad SMARTS) is 1. The highest BCUT2D eigenvalue weighted by Crippen LogP contribution is 2.75. The summed E-state index contributed by atoms with van der Waals surface area (Å²) in [5, 5.41) is 66.3. The fraction of sp³-hybridized carbons (Fsp3) is 0.900. The zero-order valence-electron chi connectivity index (χ0n) is 23.4. The van der Waals surface area contributed by atoms with Crippen LogP contribution in [0.25, 0.3) is 0 Å². The lowest BCUT2D eigenvalue weighted by Crippen LogP contribution is -2.71. The fourth-order valence-corrected chi connectivity index (χ4v) is 10.9. The highest BCUT2D eigenvalue weighted by Gasteiger charge is 2.73. The normalized spacial score (nSPS) is 56.7. The van der Waals surface area contributed by atoms with Gasteiger partial charge in [0, 0.05) is 17.3 Å². The van der Waals surface area contributed by atoms with Crippen LogP contribution >= 0.6 is 0 Å². The van der Waals surface area contributed by atoms with Gasteiger partial charge in [0.15, 0.2) is 0 Å². The molecule has 0 aromatic carbocycles. The molecule has 7 nitrogen and oxygen atoms in total. The van der Waals surface area contributed by atoms with Crippen molar-refractivity contribution in [1.82, 2.24) is 0 Å². The average Bonchev–Trinajstić information content (AvgIpc) is 2.80. The Morgan fingerprint density at radius 3 is 2.11 bits per heavy atom. The van der Waals surface area contributed by atoms with Crippen molar-refractivity contribution in [1.29, 1.82) is 0 Å². The minimum absolute atomic E-state index is 0.0567. The third-order valence-electron chi connectivity index (χ3n) is 13.3. The third-order valence-corrected chi connectivity index (χ3v) is 13.3. The smallest absolute Gasteiger partial charge is 0.310 e. The monoisotopic (exact) mass is 520 g/mol. The molecule has 0 heterocycles. The summed E-state index contributed by atoms with van der Waals surface area (Å²) in [6.07, 6.45) is 2.34. The zero-order chi connectivity index (χ0) is 27.6. The number of hydrogen-bond acceptors (Lipinski definition) is 6. The van der Waals surface area contributed by atoms with Crippen LogP contribution in [-0.4, -0.2) is 67.6 Å². The van der Waals surface area contributed by atoms with E-state index in [4.69, 9.17) is 0 Å². The van der Waals surface area contributed by atoms with Crippen molar-refractivity contribution in [3.63, 3.8) is 0 Å². The molecule has 210 valence electrons. The van der Waals surface area contributed by atoms with Gasteiger partial charge in [-0.3, -0.25) is 4.79 Å². The van der Waals surface area contributed by atoms with Gasteiger partial charge in [0.1, 0.15) is 0 Å². The van der Waals surface area contributed by atoms with Gasteiger partial charge in [0.05, 0.1) is 36.4 Å². The molecule has 4 saturated carbocycles. The molecule has 5 aliphatic carbocycles. The Balaban J connectivity index is 1.66. The number of aliphatic hydroxyl groups excluding tert-OH is 5. The number of allylic oxidation sites excluding steroid dienone is 1. The summed E-state index contributed by atoms with van der Waals surface area (Å²) >= 11 is 0. The highest BCUT2D eigenvalue weighted by molar-refractivity contribution is 5.77.